The number of aromatic nitrogens is 4. The van der Waals surface area contributed by atoms with Crippen molar-refractivity contribution in [2.75, 3.05) is 13.1 Å². The molecule has 0 N–H and O–H groups in total. The zero-order chi connectivity index (χ0) is 18.9. The molecule has 4 heterocycles. The third kappa shape index (κ3) is 6.11. The highest BCUT2D eigenvalue weighted by atomic mass is 32.1. The first-order chi connectivity index (χ1) is 13.3. The van der Waals surface area contributed by atoms with Crippen LogP contribution in [0.3, 0.4) is 0 Å². The van der Waals surface area contributed by atoms with Crippen molar-refractivity contribution in [1.29, 1.82) is 0 Å². The minimum Gasteiger partial charge on any atom is -0.318 e. The van der Waals surface area contributed by atoms with E-state index in [1.165, 1.54) is 81.6 Å². The van der Waals surface area contributed by atoms with Gasteiger partial charge in [-0.05, 0) is 58.0 Å². The van der Waals surface area contributed by atoms with Gasteiger partial charge in [-0.25, -0.2) is 4.98 Å². The Morgan fingerprint density at radius 1 is 0.926 bits per heavy atom. The van der Waals surface area contributed by atoms with E-state index >= 15 is 0 Å². The summed E-state index contributed by atoms with van der Waals surface area (Å²) in [5.74, 6) is 1.16. The third-order valence-corrected chi connectivity index (χ3v) is 6.33. The van der Waals surface area contributed by atoms with Gasteiger partial charge in [-0.2, -0.15) is 0 Å². The fourth-order valence-corrected chi connectivity index (χ4v) is 5.04. The second kappa shape index (κ2) is 10.9. The highest BCUT2D eigenvalue weighted by molar-refractivity contribution is 7.11. The van der Waals surface area contributed by atoms with E-state index in [1.54, 1.807) is 4.88 Å². The van der Waals surface area contributed by atoms with E-state index < -0.39 is 0 Å². The fourth-order valence-electron chi connectivity index (χ4n) is 3.84. The topological polar surface area (TPSA) is 46.8 Å². The minimum atomic E-state index is 1.11. The van der Waals surface area contributed by atoms with Gasteiger partial charge in [0.15, 0.2) is 0 Å². The summed E-state index contributed by atoms with van der Waals surface area (Å²) in [6.07, 6.45) is 14.7. The minimum absolute atomic E-state index is 1.11. The zero-order valence-electron chi connectivity index (χ0n) is 17.1. The van der Waals surface area contributed by atoms with Crippen LogP contribution < -0.4 is 0 Å². The molecule has 0 aromatic carbocycles. The molecule has 2 aromatic heterocycles. The van der Waals surface area contributed by atoms with Gasteiger partial charge in [-0.15, -0.1) is 21.5 Å². The Balaban J connectivity index is 0.000000142. The smallest absolute Gasteiger partial charge is 0.132 e. The summed E-state index contributed by atoms with van der Waals surface area (Å²) in [5, 5.41) is 9.25. The van der Waals surface area contributed by atoms with Crippen LogP contribution in [0.25, 0.3) is 0 Å². The van der Waals surface area contributed by atoms with Gasteiger partial charge in [-0.3, -0.25) is 4.90 Å². The molecule has 0 atom stereocenters. The average Bonchev–Trinajstić information content (AvgIpc) is 3.42. The number of nitrogens with zero attached hydrogens (tertiary/aromatic N) is 5. The standard InChI is InChI=1S/C11H16N2S.C7H11N3.C3H8/c1-2-7-13(6-1)8-11-12-9-4-3-5-10(9)14-11;1-2-4-7-9-8-6-10(7)5-3-1;1-3-2/h1-8H2;6H,1-5H2;3H2,1-2H3. The fraction of sp³-hybridized carbons (Fsp3) is 0.762. The molecule has 5 nitrogen and oxygen atoms in total. The molecular weight excluding hydrogens is 354 g/mol. The predicted molar refractivity (Wildman–Crippen MR) is 112 cm³/mol. The molecule has 0 amide bonds. The monoisotopic (exact) mass is 389 g/mol. The Hall–Kier alpha value is -1.27. The quantitative estimate of drug-likeness (QED) is 0.750. The molecule has 2 aromatic rings. The number of rotatable bonds is 2. The van der Waals surface area contributed by atoms with Gasteiger partial charge >= 0.3 is 0 Å². The predicted octanol–water partition coefficient (Wildman–Crippen LogP) is 4.65. The molecule has 150 valence electrons. The van der Waals surface area contributed by atoms with Crippen LogP contribution in [0.1, 0.15) is 80.2 Å². The summed E-state index contributed by atoms with van der Waals surface area (Å²) in [4.78, 5) is 8.84. The lowest BCUT2D eigenvalue weighted by atomic mass is 10.2. The van der Waals surface area contributed by atoms with Crippen LogP contribution >= 0.6 is 11.3 Å². The zero-order valence-corrected chi connectivity index (χ0v) is 17.9. The Bertz CT molecular complexity index is 630. The van der Waals surface area contributed by atoms with Crippen molar-refractivity contribution in [3.05, 3.63) is 27.7 Å². The number of hydrogen-bond acceptors (Lipinski definition) is 5. The van der Waals surface area contributed by atoms with E-state index in [4.69, 9.17) is 4.98 Å². The van der Waals surface area contributed by atoms with Gasteiger partial charge in [-0.1, -0.05) is 26.7 Å². The lowest BCUT2D eigenvalue weighted by Gasteiger charge is -2.11. The molecule has 3 aliphatic rings. The van der Waals surface area contributed by atoms with Crippen LogP contribution in [0.5, 0.6) is 0 Å². The van der Waals surface area contributed by atoms with Gasteiger partial charge in [0.05, 0.1) is 12.2 Å². The van der Waals surface area contributed by atoms with Crippen LogP contribution in [0.2, 0.25) is 0 Å². The van der Waals surface area contributed by atoms with Crippen molar-refractivity contribution >= 4 is 11.3 Å². The Morgan fingerprint density at radius 2 is 1.70 bits per heavy atom. The molecule has 0 radical (unpaired) electrons. The summed E-state index contributed by atoms with van der Waals surface area (Å²) < 4.78 is 2.16. The normalized spacial score (nSPS) is 18.6. The summed E-state index contributed by atoms with van der Waals surface area (Å²) >= 11 is 1.96. The van der Waals surface area contributed by atoms with E-state index in [-0.39, 0.29) is 0 Å². The lowest BCUT2D eigenvalue weighted by molar-refractivity contribution is 0.330. The molecule has 0 spiro atoms. The van der Waals surface area contributed by atoms with E-state index in [0.717, 1.165) is 25.3 Å². The SMILES string of the molecule is C1Cc2nc(CN3CCCC3)sc2C1.CCC.c1nnc2n1CCCCC2. The molecule has 0 saturated carbocycles. The van der Waals surface area contributed by atoms with Crippen molar-refractivity contribution in [1.82, 2.24) is 24.6 Å². The largest absolute Gasteiger partial charge is 0.318 e. The number of likely N-dealkylation sites (tertiary alicyclic amines) is 1. The molecule has 5 rings (SSSR count). The molecular formula is C21H35N5S. The molecule has 0 unspecified atom stereocenters. The summed E-state index contributed by atoms with van der Waals surface area (Å²) in [5.41, 5.74) is 1.41. The van der Waals surface area contributed by atoms with Crippen molar-refractivity contribution < 1.29 is 0 Å². The summed E-state index contributed by atoms with van der Waals surface area (Å²) in [6, 6.07) is 0. The van der Waals surface area contributed by atoms with Crippen molar-refractivity contribution in [2.45, 2.75) is 91.1 Å². The van der Waals surface area contributed by atoms with Gasteiger partial charge in [0.25, 0.3) is 0 Å². The average molecular weight is 390 g/mol. The van der Waals surface area contributed by atoms with Crippen molar-refractivity contribution in [3.63, 3.8) is 0 Å². The maximum atomic E-state index is 4.73. The van der Waals surface area contributed by atoms with Crippen LogP contribution in [-0.2, 0) is 32.4 Å². The number of hydrogen-bond donors (Lipinski definition) is 0. The van der Waals surface area contributed by atoms with E-state index in [2.05, 4.69) is 33.5 Å². The van der Waals surface area contributed by atoms with E-state index in [1.807, 2.05) is 17.7 Å². The molecule has 6 heteroatoms. The molecule has 0 bridgehead atoms. The van der Waals surface area contributed by atoms with E-state index in [9.17, 15) is 0 Å². The van der Waals surface area contributed by atoms with Crippen LogP contribution in [0.4, 0.5) is 0 Å². The molecule has 1 saturated heterocycles. The number of thiazole rings is 1. The third-order valence-electron chi connectivity index (χ3n) is 5.19. The summed E-state index contributed by atoms with van der Waals surface area (Å²) in [7, 11) is 0. The highest BCUT2D eigenvalue weighted by Gasteiger charge is 2.19. The van der Waals surface area contributed by atoms with Crippen molar-refractivity contribution in [2.24, 2.45) is 0 Å². The second-order valence-electron chi connectivity index (χ2n) is 7.77. The Morgan fingerprint density at radius 3 is 2.48 bits per heavy atom. The van der Waals surface area contributed by atoms with Crippen LogP contribution in [0, 0.1) is 0 Å². The Kier molecular flexibility index (Phi) is 8.27. The maximum absolute atomic E-state index is 4.73. The van der Waals surface area contributed by atoms with Gasteiger partial charge in [0, 0.05) is 17.8 Å². The first-order valence-electron chi connectivity index (χ1n) is 10.9. The first kappa shape index (κ1) is 20.5. The summed E-state index contributed by atoms with van der Waals surface area (Å²) in [6.45, 7) is 9.04. The van der Waals surface area contributed by atoms with Gasteiger partial charge < -0.3 is 4.57 Å². The first-order valence-corrected chi connectivity index (χ1v) is 11.7. The van der Waals surface area contributed by atoms with Crippen LogP contribution in [0.15, 0.2) is 6.33 Å². The highest BCUT2D eigenvalue weighted by Crippen LogP contribution is 2.28. The number of aryl methyl sites for hydroxylation is 4. The van der Waals surface area contributed by atoms with E-state index in [0.29, 0.717) is 0 Å². The van der Waals surface area contributed by atoms with Crippen LogP contribution in [-0.4, -0.2) is 37.7 Å². The number of fused-ring (bicyclic) bond motifs is 2. The van der Waals surface area contributed by atoms with Gasteiger partial charge in [0.1, 0.15) is 17.2 Å². The molecule has 1 aliphatic carbocycles. The molecule has 2 aliphatic heterocycles. The molecule has 27 heavy (non-hydrogen) atoms. The maximum Gasteiger partial charge on any atom is 0.132 e. The van der Waals surface area contributed by atoms with Crippen molar-refractivity contribution in [3.8, 4) is 0 Å². The lowest BCUT2D eigenvalue weighted by Crippen LogP contribution is -2.18. The second-order valence-corrected chi connectivity index (χ2v) is 8.94. The Labute approximate surface area is 168 Å². The van der Waals surface area contributed by atoms with Gasteiger partial charge in [0.2, 0.25) is 0 Å². The molecule has 1 fully saturated rings.